The Morgan fingerprint density at radius 1 is 1.23 bits per heavy atom. The Balaban J connectivity index is 1.68. The largest absolute Gasteiger partial charge is 0.488 e. The average molecular weight is 371 g/mol. The zero-order chi connectivity index (χ0) is 18.3. The molecule has 1 heterocycles. The zero-order valence-electron chi connectivity index (χ0n) is 14.6. The van der Waals surface area contributed by atoms with Crippen LogP contribution in [0.4, 0.5) is 0 Å². The van der Waals surface area contributed by atoms with E-state index in [1.54, 1.807) is 25.2 Å². The van der Waals surface area contributed by atoms with Crippen LogP contribution in [0.3, 0.4) is 0 Å². The molecule has 1 aliphatic carbocycles. The Morgan fingerprint density at radius 3 is 2.73 bits per heavy atom. The van der Waals surface area contributed by atoms with E-state index < -0.39 is 0 Å². The zero-order valence-corrected chi connectivity index (χ0v) is 15.4. The summed E-state index contributed by atoms with van der Waals surface area (Å²) in [6.07, 6.45) is 2.40. The normalized spacial score (nSPS) is 13.8. The smallest absolute Gasteiger partial charge is 0.368 e. The summed E-state index contributed by atoms with van der Waals surface area (Å²) in [5, 5.41) is 8.21. The van der Waals surface area contributed by atoms with Crippen LogP contribution < -0.4 is 10.4 Å². The summed E-state index contributed by atoms with van der Waals surface area (Å²) in [7, 11) is 1.56. The Labute approximate surface area is 156 Å². The van der Waals surface area contributed by atoms with Gasteiger partial charge in [-0.3, -0.25) is 0 Å². The van der Waals surface area contributed by atoms with Crippen LogP contribution >= 0.6 is 11.6 Å². The molecule has 26 heavy (non-hydrogen) atoms. The molecule has 0 N–H and O–H groups in total. The number of nitrogens with zero attached hydrogens (tertiary/aromatic N) is 4. The lowest BCUT2D eigenvalue weighted by atomic mass is 10.1. The number of hydrogen-bond acceptors (Lipinski definition) is 4. The molecule has 3 aromatic rings. The van der Waals surface area contributed by atoms with Gasteiger partial charge in [-0.15, -0.1) is 0 Å². The first-order chi connectivity index (χ1) is 12.5. The van der Waals surface area contributed by atoms with Crippen molar-refractivity contribution in [2.24, 2.45) is 7.05 Å². The van der Waals surface area contributed by atoms with E-state index in [9.17, 15) is 4.79 Å². The maximum absolute atomic E-state index is 12.2. The summed E-state index contributed by atoms with van der Waals surface area (Å²) in [6, 6.07) is 11.6. The van der Waals surface area contributed by atoms with Gasteiger partial charge in [0.05, 0.1) is 5.69 Å². The molecular formula is C19H19ClN4O2. The second kappa shape index (κ2) is 6.61. The fourth-order valence-electron chi connectivity index (χ4n) is 3.02. The average Bonchev–Trinajstić information content (AvgIpc) is 3.41. The van der Waals surface area contributed by atoms with E-state index >= 15 is 0 Å². The molecule has 1 aliphatic rings. The first-order valence-electron chi connectivity index (χ1n) is 8.54. The summed E-state index contributed by atoms with van der Waals surface area (Å²) in [4.78, 5) is 12.2. The van der Waals surface area contributed by atoms with Gasteiger partial charge in [0.25, 0.3) is 0 Å². The van der Waals surface area contributed by atoms with Gasteiger partial charge in [-0.05, 0) is 59.9 Å². The first kappa shape index (κ1) is 16.8. The first-order valence-corrected chi connectivity index (χ1v) is 8.92. The molecule has 134 valence electrons. The van der Waals surface area contributed by atoms with Crippen LogP contribution in [-0.2, 0) is 13.7 Å². The van der Waals surface area contributed by atoms with Gasteiger partial charge >= 0.3 is 5.69 Å². The van der Waals surface area contributed by atoms with Crippen molar-refractivity contribution in [2.45, 2.75) is 32.3 Å². The molecule has 4 rings (SSSR count). The number of hydrogen-bond donors (Lipinski definition) is 0. The molecule has 0 saturated heterocycles. The second-order valence-corrected chi connectivity index (χ2v) is 7.05. The van der Waals surface area contributed by atoms with Crippen molar-refractivity contribution in [2.75, 3.05) is 0 Å². The minimum absolute atomic E-state index is 0.251. The predicted molar refractivity (Wildman–Crippen MR) is 99.1 cm³/mol. The molecule has 6 nitrogen and oxygen atoms in total. The monoisotopic (exact) mass is 370 g/mol. The van der Waals surface area contributed by atoms with Gasteiger partial charge in [-0.2, -0.15) is 9.36 Å². The molecule has 7 heteroatoms. The lowest BCUT2D eigenvalue weighted by Gasteiger charge is -2.15. The molecule has 0 bridgehead atoms. The third kappa shape index (κ3) is 3.12. The van der Waals surface area contributed by atoms with Gasteiger partial charge in [0.1, 0.15) is 12.4 Å². The van der Waals surface area contributed by atoms with E-state index in [2.05, 4.69) is 23.4 Å². The van der Waals surface area contributed by atoms with Crippen molar-refractivity contribution in [3.63, 3.8) is 0 Å². The highest BCUT2D eigenvalue weighted by Crippen LogP contribution is 2.44. The van der Waals surface area contributed by atoms with E-state index in [0.29, 0.717) is 22.2 Å². The van der Waals surface area contributed by atoms with Crippen LogP contribution in [0.15, 0.2) is 41.2 Å². The van der Waals surface area contributed by atoms with Crippen LogP contribution in [0, 0.1) is 6.92 Å². The fourth-order valence-corrected chi connectivity index (χ4v) is 3.24. The van der Waals surface area contributed by atoms with Crippen molar-refractivity contribution < 1.29 is 4.74 Å². The minimum Gasteiger partial charge on any atom is -0.488 e. The molecule has 0 aliphatic heterocycles. The molecule has 1 fully saturated rings. The van der Waals surface area contributed by atoms with Crippen LogP contribution in [0.2, 0.25) is 5.02 Å². The van der Waals surface area contributed by atoms with E-state index in [-0.39, 0.29) is 12.3 Å². The molecule has 2 aromatic carbocycles. The fraction of sp³-hybridized carbons (Fsp3) is 0.316. The number of rotatable bonds is 5. The summed E-state index contributed by atoms with van der Waals surface area (Å²) in [5.41, 5.74) is 3.43. The van der Waals surface area contributed by atoms with Crippen LogP contribution in [0.5, 0.6) is 5.75 Å². The van der Waals surface area contributed by atoms with Gasteiger partial charge in [-0.25, -0.2) is 4.79 Å². The number of halogens is 1. The lowest BCUT2D eigenvalue weighted by molar-refractivity contribution is 0.302. The summed E-state index contributed by atoms with van der Waals surface area (Å²) < 4.78 is 8.53. The van der Waals surface area contributed by atoms with Crippen molar-refractivity contribution in [1.29, 1.82) is 0 Å². The third-order valence-corrected chi connectivity index (χ3v) is 4.95. The maximum Gasteiger partial charge on any atom is 0.368 e. The highest BCUT2D eigenvalue weighted by atomic mass is 35.5. The number of tetrazole rings is 1. The van der Waals surface area contributed by atoms with Gasteiger partial charge in [0.15, 0.2) is 0 Å². The number of aromatic nitrogens is 4. The van der Waals surface area contributed by atoms with Crippen LogP contribution in [0.1, 0.15) is 35.4 Å². The molecule has 0 amide bonds. The minimum atomic E-state index is -0.331. The van der Waals surface area contributed by atoms with E-state index in [4.69, 9.17) is 16.3 Å². The number of ether oxygens (including phenoxy) is 1. The van der Waals surface area contributed by atoms with Crippen LogP contribution in [0.25, 0.3) is 5.69 Å². The molecular weight excluding hydrogens is 352 g/mol. The number of aryl methyl sites for hydroxylation is 2. The van der Waals surface area contributed by atoms with E-state index in [1.165, 1.54) is 33.3 Å². The maximum atomic E-state index is 12.2. The Morgan fingerprint density at radius 2 is 2.04 bits per heavy atom. The highest BCUT2D eigenvalue weighted by Gasteiger charge is 2.27. The summed E-state index contributed by atoms with van der Waals surface area (Å²) in [5.74, 6) is 1.45. The van der Waals surface area contributed by atoms with Gasteiger partial charge in [-0.1, -0.05) is 35.4 Å². The Hall–Kier alpha value is -2.60. The van der Waals surface area contributed by atoms with Gasteiger partial charge < -0.3 is 4.74 Å². The SMILES string of the molecule is Cc1ccc(OCc2c(Cl)cccc2-n2nnn(C)c2=O)c(C2CC2)c1. The van der Waals surface area contributed by atoms with Gasteiger partial charge in [0.2, 0.25) is 0 Å². The molecule has 1 saturated carbocycles. The highest BCUT2D eigenvalue weighted by molar-refractivity contribution is 6.31. The lowest BCUT2D eigenvalue weighted by Crippen LogP contribution is -2.23. The Bertz CT molecular complexity index is 1020. The standard InChI is InChI=1S/C19H19ClN4O2/c1-12-6-9-18(14(10-12)13-7-8-13)26-11-15-16(20)4-3-5-17(15)24-19(25)23(2)21-22-24/h3-6,9-10,13H,7-8,11H2,1-2H3. The number of benzene rings is 2. The van der Waals surface area contributed by atoms with E-state index in [1.807, 2.05) is 12.1 Å². The molecule has 0 radical (unpaired) electrons. The quantitative estimate of drug-likeness (QED) is 0.690. The Kier molecular flexibility index (Phi) is 4.28. The van der Waals surface area contributed by atoms with Gasteiger partial charge in [0, 0.05) is 17.6 Å². The molecule has 1 aromatic heterocycles. The molecule has 0 atom stereocenters. The van der Waals surface area contributed by atoms with Crippen LogP contribution in [-0.4, -0.2) is 19.8 Å². The third-order valence-electron chi connectivity index (χ3n) is 4.60. The van der Waals surface area contributed by atoms with Crippen molar-refractivity contribution >= 4 is 11.6 Å². The van der Waals surface area contributed by atoms with E-state index in [0.717, 1.165) is 5.75 Å². The van der Waals surface area contributed by atoms with Crippen molar-refractivity contribution in [3.05, 3.63) is 68.6 Å². The van der Waals surface area contributed by atoms with Crippen molar-refractivity contribution in [3.8, 4) is 11.4 Å². The van der Waals surface area contributed by atoms with Crippen molar-refractivity contribution in [1.82, 2.24) is 19.8 Å². The molecule has 0 spiro atoms. The topological polar surface area (TPSA) is 61.9 Å². The summed E-state index contributed by atoms with van der Waals surface area (Å²) >= 11 is 6.39. The molecule has 0 unspecified atom stereocenters. The summed E-state index contributed by atoms with van der Waals surface area (Å²) in [6.45, 7) is 2.34. The second-order valence-electron chi connectivity index (χ2n) is 6.64. The predicted octanol–water partition coefficient (Wildman–Crippen LogP) is 3.38.